The van der Waals surface area contributed by atoms with Crippen LogP contribution in [0.25, 0.3) is 0 Å². The molecular formula is C9H22N2OSi. The first-order chi connectivity index (χ1) is 6.27. The molecule has 0 aromatic heterocycles. The second-order valence-electron chi connectivity index (χ2n) is 3.88. The molecule has 0 bridgehead atoms. The fourth-order valence-electron chi connectivity index (χ4n) is 1.91. The molecule has 0 aromatic carbocycles. The number of hydrogen-bond donors (Lipinski definition) is 2. The van der Waals surface area contributed by atoms with Crippen LogP contribution in [0.3, 0.4) is 0 Å². The van der Waals surface area contributed by atoms with Crippen molar-refractivity contribution in [3.8, 4) is 0 Å². The van der Waals surface area contributed by atoms with Crippen molar-refractivity contribution in [3.63, 3.8) is 0 Å². The summed E-state index contributed by atoms with van der Waals surface area (Å²) in [4.78, 5) is 0. The summed E-state index contributed by atoms with van der Waals surface area (Å²) < 4.78 is 6.01. The van der Waals surface area contributed by atoms with Gasteiger partial charge in [-0.05, 0) is 31.9 Å². The van der Waals surface area contributed by atoms with E-state index in [1.807, 2.05) is 0 Å². The van der Waals surface area contributed by atoms with Crippen LogP contribution >= 0.6 is 0 Å². The van der Waals surface area contributed by atoms with E-state index in [2.05, 4.69) is 6.92 Å². The summed E-state index contributed by atoms with van der Waals surface area (Å²) in [5.41, 5.74) is 11.9. The molecule has 1 heterocycles. The average molecular weight is 202 g/mol. The van der Waals surface area contributed by atoms with Crippen molar-refractivity contribution >= 4 is 9.04 Å². The van der Waals surface area contributed by atoms with Crippen LogP contribution in [-0.2, 0) is 4.43 Å². The molecular weight excluding hydrogens is 180 g/mol. The Hall–Kier alpha value is 0.0969. The SMILES string of the molecule is CCC(N)[SiH]1CCCC(CCN)O1. The lowest BCUT2D eigenvalue weighted by molar-refractivity contribution is 0.158. The third-order valence-corrected chi connectivity index (χ3v) is 5.96. The molecule has 3 unspecified atom stereocenters. The van der Waals surface area contributed by atoms with Gasteiger partial charge in [0.1, 0.15) is 0 Å². The summed E-state index contributed by atoms with van der Waals surface area (Å²) in [6.07, 6.45) is 4.99. The van der Waals surface area contributed by atoms with Gasteiger partial charge in [0.2, 0.25) is 0 Å². The molecule has 4 heteroatoms. The van der Waals surface area contributed by atoms with Gasteiger partial charge in [-0.3, -0.25) is 0 Å². The zero-order valence-corrected chi connectivity index (χ0v) is 9.69. The Morgan fingerprint density at radius 1 is 1.62 bits per heavy atom. The standard InChI is InChI=1S/C9H22N2OSi/c1-2-9(11)13-7-3-4-8(12-13)5-6-10/h8-9,13H,2-7,10-11H2,1H3. The quantitative estimate of drug-likeness (QED) is 0.653. The highest BCUT2D eigenvalue weighted by Crippen LogP contribution is 2.21. The first-order valence-electron chi connectivity index (χ1n) is 5.39. The minimum Gasteiger partial charge on any atom is -0.416 e. The molecule has 0 aliphatic carbocycles. The highest BCUT2D eigenvalue weighted by atomic mass is 28.3. The van der Waals surface area contributed by atoms with E-state index in [-0.39, 0.29) is 0 Å². The van der Waals surface area contributed by atoms with Crippen LogP contribution in [0, 0.1) is 0 Å². The second kappa shape index (κ2) is 5.75. The second-order valence-corrected chi connectivity index (χ2v) is 6.66. The molecule has 1 aliphatic heterocycles. The molecule has 1 aliphatic rings. The van der Waals surface area contributed by atoms with Crippen LogP contribution < -0.4 is 11.5 Å². The zero-order valence-electron chi connectivity index (χ0n) is 8.54. The molecule has 0 spiro atoms. The number of hydrogen-bond acceptors (Lipinski definition) is 3. The molecule has 0 radical (unpaired) electrons. The Morgan fingerprint density at radius 3 is 3.00 bits per heavy atom. The van der Waals surface area contributed by atoms with Crippen molar-refractivity contribution in [2.75, 3.05) is 6.54 Å². The molecule has 78 valence electrons. The lowest BCUT2D eigenvalue weighted by Crippen LogP contribution is -2.45. The minimum atomic E-state index is -1.09. The molecule has 3 atom stereocenters. The number of nitrogens with two attached hydrogens (primary N) is 2. The Balaban J connectivity index is 2.32. The maximum atomic E-state index is 6.01. The van der Waals surface area contributed by atoms with Crippen molar-refractivity contribution in [1.29, 1.82) is 0 Å². The molecule has 0 saturated carbocycles. The van der Waals surface area contributed by atoms with Crippen molar-refractivity contribution in [2.24, 2.45) is 11.5 Å². The van der Waals surface area contributed by atoms with E-state index in [9.17, 15) is 0 Å². The predicted octanol–water partition coefficient (Wildman–Crippen LogP) is 0.514. The fourth-order valence-corrected chi connectivity index (χ4v) is 4.60. The summed E-state index contributed by atoms with van der Waals surface area (Å²) >= 11 is 0. The molecule has 0 aromatic rings. The number of rotatable bonds is 4. The third-order valence-electron chi connectivity index (χ3n) is 2.82. The van der Waals surface area contributed by atoms with Gasteiger partial charge in [0.05, 0.1) is 0 Å². The molecule has 1 fully saturated rings. The average Bonchev–Trinajstić information content (AvgIpc) is 2.18. The lowest BCUT2D eigenvalue weighted by Gasteiger charge is -2.32. The van der Waals surface area contributed by atoms with E-state index < -0.39 is 9.04 Å². The van der Waals surface area contributed by atoms with Crippen LogP contribution in [0.15, 0.2) is 0 Å². The van der Waals surface area contributed by atoms with Crippen molar-refractivity contribution < 1.29 is 4.43 Å². The Labute approximate surface area is 82.5 Å². The first kappa shape index (κ1) is 11.2. The van der Waals surface area contributed by atoms with Crippen molar-refractivity contribution in [2.45, 2.75) is 50.4 Å². The molecule has 3 nitrogen and oxygen atoms in total. The monoisotopic (exact) mass is 202 g/mol. The van der Waals surface area contributed by atoms with Gasteiger partial charge in [0, 0.05) is 11.8 Å². The van der Waals surface area contributed by atoms with Gasteiger partial charge in [-0.15, -0.1) is 0 Å². The van der Waals surface area contributed by atoms with Crippen LogP contribution in [0.4, 0.5) is 0 Å². The molecule has 4 N–H and O–H groups in total. The minimum absolute atomic E-state index is 0.348. The van der Waals surface area contributed by atoms with Crippen molar-refractivity contribution in [1.82, 2.24) is 0 Å². The predicted molar refractivity (Wildman–Crippen MR) is 58.0 cm³/mol. The maximum Gasteiger partial charge on any atom is 0.193 e. The summed E-state index contributed by atoms with van der Waals surface area (Å²) in [5, 5.41) is 0. The van der Waals surface area contributed by atoms with Gasteiger partial charge in [-0.25, -0.2) is 0 Å². The van der Waals surface area contributed by atoms with Crippen LogP contribution in [0.5, 0.6) is 0 Å². The topological polar surface area (TPSA) is 61.3 Å². The van der Waals surface area contributed by atoms with Crippen LogP contribution in [0.1, 0.15) is 32.6 Å². The Bertz CT molecular complexity index is 144. The smallest absolute Gasteiger partial charge is 0.193 e. The van der Waals surface area contributed by atoms with E-state index in [4.69, 9.17) is 15.9 Å². The van der Waals surface area contributed by atoms with Gasteiger partial charge >= 0.3 is 0 Å². The normalized spacial score (nSPS) is 31.6. The van der Waals surface area contributed by atoms with Gasteiger partial charge in [0.25, 0.3) is 0 Å². The highest BCUT2D eigenvalue weighted by Gasteiger charge is 2.27. The summed E-state index contributed by atoms with van der Waals surface area (Å²) in [5.74, 6) is 0. The Morgan fingerprint density at radius 2 is 2.38 bits per heavy atom. The summed E-state index contributed by atoms with van der Waals surface area (Å²) in [7, 11) is -1.09. The van der Waals surface area contributed by atoms with E-state index in [0.717, 1.165) is 19.4 Å². The summed E-state index contributed by atoms with van der Waals surface area (Å²) in [6, 6.07) is 1.26. The fraction of sp³-hybridized carbons (Fsp3) is 1.00. The van der Waals surface area contributed by atoms with Gasteiger partial charge in [-0.2, -0.15) is 0 Å². The van der Waals surface area contributed by atoms with Crippen LogP contribution in [-0.4, -0.2) is 27.4 Å². The van der Waals surface area contributed by atoms with E-state index >= 15 is 0 Å². The van der Waals surface area contributed by atoms with Crippen LogP contribution in [0.2, 0.25) is 6.04 Å². The first-order valence-corrected chi connectivity index (χ1v) is 7.34. The highest BCUT2D eigenvalue weighted by molar-refractivity contribution is 6.53. The molecule has 1 saturated heterocycles. The van der Waals surface area contributed by atoms with Gasteiger partial charge in [-0.1, -0.05) is 13.3 Å². The summed E-state index contributed by atoms with van der Waals surface area (Å²) in [6.45, 7) is 2.89. The van der Waals surface area contributed by atoms with E-state index in [1.54, 1.807) is 0 Å². The van der Waals surface area contributed by atoms with E-state index in [0.29, 0.717) is 11.8 Å². The van der Waals surface area contributed by atoms with Gasteiger partial charge < -0.3 is 15.9 Å². The van der Waals surface area contributed by atoms with E-state index in [1.165, 1.54) is 18.9 Å². The van der Waals surface area contributed by atoms with Crippen molar-refractivity contribution in [3.05, 3.63) is 0 Å². The largest absolute Gasteiger partial charge is 0.416 e. The zero-order chi connectivity index (χ0) is 9.68. The lowest BCUT2D eigenvalue weighted by atomic mass is 10.1. The third kappa shape index (κ3) is 3.38. The molecule has 1 rings (SSSR count). The molecule has 0 amide bonds. The maximum absolute atomic E-state index is 6.01. The van der Waals surface area contributed by atoms with Gasteiger partial charge in [0.15, 0.2) is 9.04 Å². The molecule has 13 heavy (non-hydrogen) atoms. The Kier molecular flexibility index (Phi) is 4.94.